The van der Waals surface area contributed by atoms with Crippen molar-refractivity contribution in [3.8, 4) is 22.8 Å². The van der Waals surface area contributed by atoms with Gasteiger partial charge in [-0.25, -0.2) is 19.5 Å². The molecular formula is C26H20F3N7O2S. The van der Waals surface area contributed by atoms with Crippen LogP contribution in [0.25, 0.3) is 17.1 Å². The number of thioether (sulfide) groups is 1. The lowest BCUT2D eigenvalue weighted by molar-refractivity contribution is -0.274. The maximum atomic E-state index is 12.5. The number of carbonyl (C=O) groups is 1. The van der Waals surface area contributed by atoms with Gasteiger partial charge in [-0.15, -0.1) is 23.4 Å². The van der Waals surface area contributed by atoms with E-state index in [-0.39, 0.29) is 17.4 Å². The van der Waals surface area contributed by atoms with Gasteiger partial charge in [0.2, 0.25) is 5.91 Å². The normalized spacial score (nSPS) is 15.0. The molecule has 1 aliphatic heterocycles. The summed E-state index contributed by atoms with van der Waals surface area (Å²) < 4.78 is 42.4. The molecule has 39 heavy (non-hydrogen) atoms. The summed E-state index contributed by atoms with van der Waals surface area (Å²) in [6, 6.07) is 16.4. The van der Waals surface area contributed by atoms with Crippen LogP contribution in [0, 0.1) is 0 Å². The van der Waals surface area contributed by atoms with E-state index in [1.807, 2.05) is 43.3 Å². The summed E-state index contributed by atoms with van der Waals surface area (Å²) in [6.07, 6.45) is 0.677. The van der Waals surface area contributed by atoms with Crippen LogP contribution in [-0.4, -0.2) is 49.2 Å². The fourth-order valence-electron chi connectivity index (χ4n) is 3.74. The number of rotatable bonds is 7. The number of carbonyl (C=O) groups excluding carboxylic acids is 1. The van der Waals surface area contributed by atoms with Gasteiger partial charge in [0, 0.05) is 11.8 Å². The molecule has 1 saturated heterocycles. The fraction of sp³-hybridized carbons (Fsp3) is 0.154. The van der Waals surface area contributed by atoms with Gasteiger partial charge in [-0.2, -0.15) is 5.10 Å². The summed E-state index contributed by atoms with van der Waals surface area (Å²) in [6.45, 7) is 2.00. The second-order valence-electron chi connectivity index (χ2n) is 8.16. The molecule has 0 spiro atoms. The van der Waals surface area contributed by atoms with Crippen molar-refractivity contribution in [2.75, 3.05) is 10.7 Å². The molecule has 2 aromatic carbocycles. The molecule has 13 heteroatoms. The average Bonchev–Trinajstić information content (AvgIpc) is 3.56. The summed E-state index contributed by atoms with van der Waals surface area (Å²) in [7, 11) is 0. The predicted octanol–water partition coefficient (Wildman–Crippen LogP) is 5.26. The summed E-state index contributed by atoms with van der Waals surface area (Å²) >= 11 is 1.31. The van der Waals surface area contributed by atoms with E-state index in [0.29, 0.717) is 22.5 Å². The summed E-state index contributed by atoms with van der Waals surface area (Å²) in [5, 5.41) is 13.3. The molecule has 0 bridgehead atoms. The van der Waals surface area contributed by atoms with E-state index in [4.69, 9.17) is 0 Å². The van der Waals surface area contributed by atoms with Crippen LogP contribution in [0.15, 0.2) is 83.4 Å². The molecule has 0 aliphatic carbocycles. The minimum Gasteiger partial charge on any atom is -0.406 e. The van der Waals surface area contributed by atoms with Crippen molar-refractivity contribution in [1.29, 1.82) is 0 Å². The molecule has 0 N–H and O–H groups in total. The monoisotopic (exact) mass is 551 g/mol. The molecule has 5 rings (SSSR count). The van der Waals surface area contributed by atoms with Gasteiger partial charge in [-0.1, -0.05) is 49.0 Å². The molecule has 0 radical (unpaired) electrons. The van der Waals surface area contributed by atoms with Crippen molar-refractivity contribution in [3.05, 3.63) is 84.3 Å². The Kier molecular flexibility index (Phi) is 7.41. The van der Waals surface area contributed by atoms with E-state index in [9.17, 15) is 18.0 Å². The molecule has 0 saturated carbocycles. The van der Waals surface area contributed by atoms with E-state index >= 15 is 0 Å². The van der Waals surface area contributed by atoms with Crippen molar-refractivity contribution in [2.45, 2.75) is 19.7 Å². The Morgan fingerprint density at radius 1 is 1.08 bits per heavy atom. The fourth-order valence-corrected chi connectivity index (χ4v) is 4.54. The van der Waals surface area contributed by atoms with Crippen LogP contribution >= 0.6 is 11.8 Å². The first kappa shape index (κ1) is 26.1. The number of halogens is 3. The van der Waals surface area contributed by atoms with Crippen molar-refractivity contribution in [2.24, 2.45) is 10.2 Å². The van der Waals surface area contributed by atoms with Gasteiger partial charge in [-0.3, -0.25) is 4.79 Å². The number of nitrogens with zero attached hydrogens (tertiary/aromatic N) is 7. The van der Waals surface area contributed by atoms with Crippen molar-refractivity contribution in [3.63, 3.8) is 0 Å². The molecule has 4 aromatic rings. The molecule has 0 atom stereocenters. The highest BCUT2D eigenvalue weighted by Crippen LogP contribution is 2.28. The quantitative estimate of drug-likeness (QED) is 0.230. The van der Waals surface area contributed by atoms with E-state index in [0.717, 1.165) is 23.1 Å². The number of pyridine rings is 1. The van der Waals surface area contributed by atoms with Crippen molar-refractivity contribution in [1.82, 2.24) is 19.7 Å². The van der Waals surface area contributed by atoms with Gasteiger partial charge in [0.05, 0.1) is 17.7 Å². The van der Waals surface area contributed by atoms with Crippen LogP contribution in [0.3, 0.4) is 0 Å². The average molecular weight is 552 g/mol. The van der Waals surface area contributed by atoms with Gasteiger partial charge in [0.15, 0.2) is 11.0 Å². The Morgan fingerprint density at radius 2 is 1.85 bits per heavy atom. The lowest BCUT2D eigenvalue weighted by Gasteiger charge is -2.16. The number of amides is 1. The van der Waals surface area contributed by atoms with Crippen LogP contribution < -0.4 is 9.64 Å². The highest BCUT2D eigenvalue weighted by atomic mass is 32.2. The van der Waals surface area contributed by atoms with Gasteiger partial charge in [-0.05, 0) is 47.9 Å². The molecule has 198 valence electrons. The molecule has 3 heterocycles. The SMILES string of the molecule is CCc1cccnc1N1C(=O)CS/C1=N\N=C\c1ccc(-c2ncn(-c3ccc(OC(F)(F)F)cc3)n2)cc1. The van der Waals surface area contributed by atoms with Crippen molar-refractivity contribution >= 4 is 34.9 Å². The largest absolute Gasteiger partial charge is 0.573 e. The van der Waals surface area contributed by atoms with Crippen molar-refractivity contribution < 1.29 is 22.7 Å². The molecular weight excluding hydrogens is 531 g/mol. The second-order valence-corrected chi connectivity index (χ2v) is 9.10. The number of aromatic nitrogens is 4. The minimum atomic E-state index is -4.75. The van der Waals surface area contributed by atoms with Gasteiger partial charge < -0.3 is 4.74 Å². The van der Waals surface area contributed by atoms with Crippen LogP contribution in [0.5, 0.6) is 5.75 Å². The second kappa shape index (κ2) is 11.1. The standard InChI is InChI=1S/C26H20F3N7O2S/c1-2-18-4-3-13-30-24(18)36-22(37)15-39-25(36)33-32-14-17-5-7-19(8-6-17)23-31-16-35(34-23)20-9-11-21(12-10-20)38-26(27,28)29/h3-14,16H,2,15H2,1H3/b32-14+,33-25-. The number of ether oxygens (including phenoxy) is 1. The first-order chi connectivity index (χ1) is 18.8. The van der Waals surface area contributed by atoms with Crippen LogP contribution in [0.4, 0.5) is 19.0 Å². The molecule has 1 fully saturated rings. The number of hydrogen-bond donors (Lipinski definition) is 0. The van der Waals surface area contributed by atoms with Crippen LogP contribution in [0.1, 0.15) is 18.1 Å². The Labute approximate surface area is 225 Å². The minimum absolute atomic E-state index is 0.0933. The van der Waals surface area contributed by atoms with E-state index in [2.05, 4.69) is 30.0 Å². The smallest absolute Gasteiger partial charge is 0.406 e. The predicted molar refractivity (Wildman–Crippen MR) is 142 cm³/mol. The first-order valence-electron chi connectivity index (χ1n) is 11.7. The van der Waals surface area contributed by atoms with Gasteiger partial charge >= 0.3 is 6.36 Å². The number of hydrogen-bond acceptors (Lipinski definition) is 8. The highest BCUT2D eigenvalue weighted by molar-refractivity contribution is 8.15. The molecule has 0 unspecified atom stereocenters. The lowest BCUT2D eigenvalue weighted by Crippen LogP contribution is -2.30. The first-order valence-corrected chi connectivity index (χ1v) is 12.7. The molecule has 1 amide bonds. The Bertz CT molecular complexity index is 1530. The number of amidine groups is 1. The molecule has 9 nitrogen and oxygen atoms in total. The Morgan fingerprint density at radius 3 is 2.56 bits per heavy atom. The molecule has 2 aromatic heterocycles. The Balaban J connectivity index is 1.27. The zero-order valence-corrected chi connectivity index (χ0v) is 21.2. The zero-order chi connectivity index (χ0) is 27.4. The number of benzene rings is 2. The highest BCUT2D eigenvalue weighted by Gasteiger charge is 2.32. The lowest BCUT2D eigenvalue weighted by atomic mass is 10.1. The third-order valence-electron chi connectivity index (χ3n) is 5.57. The number of alkyl halides is 3. The topological polar surface area (TPSA) is 97.9 Å². The van der Waals surface area contributed by atoms with E-state index in [1.54, 1.807) is 12.4 Å². The van der Waals surface area contributed by atoms with Gasteiger partial charge in [0.25, 0.3) is 0 Å². The number of anilines is 1. The Hall–Kier alpha value is -4.52. The maximum absolute atomic E-state index is 12.5. The maximum Gasteiger partial charge on any atom is 0.573 e. The van der Waals surface area contributed by atoms with Gasteiger partial charge in [0.1, 0.15) is 17.9 Å². The third kappa shape index (κ3) is 6.14. The van der Waals surface area contributed by atoms with Crippen LogP contribution in [-0.2, 0) is 11.2 Å². The number of aryl methyl sites for hydroxylation is 1. The summed E-state index contributed by atoms with van der Waals surface area (Å²) in [4.78, 5) is 22.7. The summed E-state index contributed by atoms with van der Waals surface area (Å²) in [5.74, 6) is 0.874. The summed E-state index contributed by atoms with van der Waals surface area (Å²) in [5.41, 5.74) is 2.99. The van der Waals surface area contributed by atoms with E-state index in [1.165, 1.54) is 51.9 Å². The van der Waals surface area contributed by atoms with E-state index < -0.39 is 6.36 Å². The molecule has 1 aliphatic rings. The third-order valence-corrected chi connectivity index (χ3v) is 6.49. The zero-order valence-electron chi connectivity index (χ0n) is 20.4. The van der Waals surface area contributed by atoms with Crippen LogP contribution in [0.2, 0.25) is 0 Å².